The van der Waals surface area contributed by atoms with Gasteiger partial charge in [-0.05, 0) is 25.7 Å². The van der Waals surface area contributed by atoms with Gasteiger partial charge in [-0.2, -0.15) is 0 Å². The smallest absolute Gasteiger partial charge is 0.126 e. The Morgan fingerprint density at radius 3 is 3.07 bits per heavy atom. The van der Waals surface area contributed by atoms with Crippen LogP contribution in [0.1, 0.15) is 32.4 Å². The minimum atomic E-state index is -0.869. The third-order valence-corrected chi connectivity index (χ3v) is 3.04. The van der Waals surface area contributed by atoms with Gasteiger partial charge in [0.2, 0.25) is 0 Å². The van der Waals surface area contributed by atoms with E-state index in [1.807, 2.05) is 13.0 Å². The van der Waals surface area contributed by atoms with E-state index in [4.69, 9.17) is 0 Å². The van der Waals surface area contributed by atoms with Crippen LogP contribution < -0.4 is 0 Å². The van der Waals surface area contributed by atoms with Crippen molar-refractivity contribution in [3.05, 3.63) is 24.0 Å². The van der Waals surface area contributed by atoms with Gasteiger partial charge >= 0.3 is 0 Å². The molecule has 2 rings (SSSR count). The fraction of sp³-hybridized carbons (Fsp3) is 0.636. The average Bonchev–Trinajstić information content (AvgIpc) is 2.71. The molecule has 0 saturated heterocycles. The molecule has 4 nitrogen and oxygen atoms in total. The molecule has 1 N–H and O–H groups in total. The Morgan fingerprint density at radius 1 is 1.67 bits per heavy atom. The van der Waals surface area contributed by atoms with E-state index in [1.54, 1.807) is 10.9 Å². The van der Waals surface area contributed by atoms with Crippen molar-refractivity contribution in [1.82, 2.24) is 15.0 Å². The number of rotatable bonds is 2. The molecule has 0 saturated carbocycles. The highest BCUT2D eigenvalue weighted by Crippen LogP contribution is 2.33. The Morgan fingerprint density at radius 2 is 2.47 bits per heavy atom. The van der Waals surface area contributed by atoms with Crippen LogP contribution >= 0.6 is 0 Å². The maximum Gasteiger partial charge on any atom is 0.126 e. The second-order valence-electron chi connectivity index (χ2n) is 4.23. The minimum Gasteiger partial charge on any atom is -0.379 e. The zero-order chi connectivity index (χ0) is 10.9. The summed E-state index contributed by atoms with van der Waals surface area (Å²) in [5.41, 5.74) is -0.0698. The monoisotopic (exact) mass is 207 g/mol. The highest BCUT2D eigenvalue weighted by atomic mass is 16.3. The Hall–Kier alpha value is -1.16. The Labute approximate surface area is 89.6 Å². The van der Waals surface area contributed by atoms with E-state index in [-0.39, 0.29) is 0 Å². The molecule has 1 heterocycles. The first-order chi connectivity index (χ1) is 7.15. The van der Waals surface area contributed by atoms with Gasteiger partial charge in [-0.3, -0.25) is 0 Å². The van der Waals surface area contributed by atoms with Crippen LogP contribution in [-0.2, 0) is 12.1 Å². The van der Waals surface area contributed by atoms with Crippen molar-refractivity contribution in [3.8, 4) is 0 Å². The summed E-state index contributed by atoms with van der Waals surface area (Å²) in [6, 6.07) is 0. The lowest BCUT2D eigenvalue weighted by molar-refractivity contribution is 0.0580. The standard InChI is InChI=1S/C11H17N3O/c1-3-14-10(8-12-13-14)11(15)6-4-9(2)5-7-11/h4,6,8-9,15H,3,5,7H2,1-2H3. The molecule has 0 spiro atoms. The summed E-state index contributed by atoms with van der Waals surface area (Å²) in [5, 5.41) is 18.3. The van der Waals surface area contributed by atoms with Crippen molar-refractivity contribution < 1.29 is 5.11 Å². The van der Waals surface area contributed by atoms with Gasteiger partial charge < -0.3 is 5.11 Å². The summed E-state index contributed by atoms with van der Waals surface area (Å²) in [7, 11) is 0. The summed E-state index contributed by atoms with van der Waals surface area (Å²) in [6.07, 6.45) is 7.35. The highest BCUT2D eigenvalue weighted by molar-refractivity contribution is 5.20. The maximum absolute atomic E-state index is 10.5. The number of hydrogen-bond donors (Lipinski definition) is 1. The molecule has 1 aromatic rings. The second-order valence-corrected chi connectivity index (χ2v) is 4.23. The minimum absolute atomic E-state index is 0.552. The molecule has 1 aliphatic rings. The van der Waals surface area contributed by atoms with Crippen LogP contribution in [-0.4, -0.2) is 20.1 Å². The van der Waals surface area contributed by atoms with E-state index >= 15 is 0 Å². The second kappa shape index (κ2) is 3.77. The van der Waals surface area contributed by atoms with E-state index in [0.29, 0.717) is 5.92 Å². The molecular formula is C11H17N3O. The van der Waals surface area contributed by atoms with Gasteiger partial charge in [-0.1, -0.05) is 24.3 Å². The third-order valence-electron chi connectivity index (χ3n) is 3.04. The normalized spacial score (nSPS) is 30.7. The van der Waals surface area contributed by atoms with Gasteiger partial charge in [0, 0.05) is 6.54 Å². The first-order valence-corrected chi connectivity index (χ1v) is 5.46. The molecule has 0 radical (unpaired) electrons. The fourth-order valence-electron chi connectivity index (χ4n) is 1.99. The number of allylic oxidation sites excluding steroid dienone is 1. The zero-order valence-corrected chi connectivity index (χ0v) is 9.22. The molecule has 1 aromatic heterocycles. The topological polar surface area (TPSA) is 50.9 Å². The van der Waals surface area contributed by atoms with Gasteiger partial charge in [-0.25, -0.2) is 4.68 Å². The molecule has 0 aliphatic heterocycles. The van der Waals surface area contributed by atoms with E-state index in [2.05, 4.69) is 23.3 Å². The van der Waals surface area contributed by atoms with E-state index < -0.39 is 5.60 Å². The molecule has 82 valence electrons. The molecule has 0 fully saturated rings. The number of aryl methyl sites for hydroxylation is 1. The summed E-state index contributed by atoms with van der Waals surface area (Å²) in [6.45, 7) is 4.89. The molecule has 4 heteroatoms. The molecule has 0 aromatic carbocycles. The zero-order valence-electron chi connectivity index (χ0n) is 9.22. The van der Waals surface area contributed by atoms with Crippen molar-refractivity contribution >= 4 is 0 Å². The lowest BCUT2D eigenvalue weighted by atomic mass is 9.84. The lowest BCUT2D eigenvalue weighted by Crippen LogP contribution is -2.29. The average molecular weight is 207 g/mol. The van der Waals surface area contributed by atoms with Crippen LogP contribution in [0.25, 0.3) is 0 Å². The van der Waals surface area contributed by atoms with Crippen molar-refractivity contribution in [3.63, 3.8) is 0 Å². The maximum atomic E-state index is 10.5. The third kappa shape index (κ3) is 1.81. The molecule has 2 atom stereocenters. The Kier molecular flexibility index (Phi) is 2.61. The molecule has 15 heavy (non-hydrogen) atoms. The quantitative estimate of drug-likeness (QED) is 0.747. The number of nitrogens with zero attached hydrogens (tertiary/aromatic N) is 3. The molecule has 2 unspecified atom stereocenters. The van der Waals surface area contributed by atoms with Crippen LogP contribution in [0.4, 0.5) is 0 Å². The van der Waals surface area contributed by atoms with Crippen molar-refractivity contribution in [1.29, 1.82) is 0 Å². The molecular weight excluding hydrogens is 190 g/mol. The van der Waals surface area contributed by atoms with Gasteiger partial charge in [0.15, 0.2) is 0 Å². The molecule has 0 bridgehead atoms. The largest absolute Gasteiger partial charge is 0.379 e. The van der Waals surface area contributed by atoms with Crippen molar-refractivity contribution in [2.75, 3.05) is 0 Å². The number of hydrogen-bond acceptors (Lipinski definition) is 3. The number of aliphatic hydroxyl groups is 1. The van der Waals surface area contributed by atoms with E-state index in [0.717, 1.165) is 25.1 Å². The predicted molar refractivity (Wildman–Crippen MR) is 57.1 cm³/mol. The fourth-order valence-corrected chi connectivity index (χ4v) is 1.99. The Balaban J connectivity index is 2.33. The van der Waals surface area contributed by atoms with Gasteiger partial charge in [-0.15, -0.1) is 5.10 Å². The highest BCUT2D eigenvalue weighted by Gasteiger charge is 2.32. The van der Waals surface area contributed by atoms with Gasteiger partial charge in [0.25, 0.3) is 0 Å². The molecule has 1 aliphatic carbocycles. The summed E-state index contributed by atoms with van der Waals surface area (Å²) in [5.74, 6) is 0.552. The first-order valence-electron chi connectivity index (χ1n) is 5.46. The van der Waals surface area contributed by atoms with Crippen LogP contribution in [0.3, 0.4) is 0 Å². The van der Waals surface area contributed by atoms with E-state index in [9.17, 15) is 5.11 Å². The van der Waals surface area contributed by atoms with Gasteiger partial charge in [0.05, 0.1) is 11.9 Å². The van der Waals surface area contributed by atoms with Crippen LogP contribution in [0.5, 0.6) is 0 Å². The summed E-state index contributed by atoms with van der Waals surface area (Å²) >= 11 is 0. The Bertz CT molecular complexity index is 372. The first kappa shape index (κ1) is 10.4. The summed E-state index contributed by atoms with van der Waals surface area (Å²) < 4.78 is 1.75. The molecule has 0 amide bonds. The van der Waals surface area contributed by atoms with Crippen molar-refractivity contribution in [2.24, 2.45) is 5.92 Å². The van der Waals surface area contributed by atoms with Crippen LogP contribution in [0, 0.1) is 5.92 Å². The van der Waals surface area contributed by atoms with Gasteiger partial charge in [0.1, 0.15) is 5.60 Å². The lowest BCUT2D eigenvalue weighted by Gasteiger charge is -2.29. The van der Waals surface area contributed by atoms with E-state index in [1.165, 1.54) is 0 Å². The summed E-state index contributed by atoms with van der Waals surface area (Å²) in [4.78, 5) is 0. The van der Waals surface area contributed by atoms with Crippen molar-refractivity contribution in [2.45, 2.75) is 38.8 Å². The van der Waals surface area contributed by atoms with Crippen LogP contribution in [0.15, 0.2) is 18.3 Å². The van der Waals surface area contributed by atoms with Crippen LogP contribution in [0.2, 0.25) is 0 Å². The predicted octanol–water partition coefficient (Wildman–Crippen LogP) is 1.47. The number of aromatic nitrogens is 3. The SMILES string of the molecule is CCn1nncc1C1(O)C=CC(C)CC1.